The van der Waals surface area contributed by atoms with Gasteiger partial charge in [-0.25, -0.2) is 0 Å². The predicted octanol–water partition coefficient (Wildman–Crippen LogP) is 3.42. The van der Waals surface area contributed by atoms with Gasteiger partial charge in [0.1, 0.15) is 0 Å². The van der Waals surface area contributed by atoms with E-state index in [4.69, 9.17) is 0 Å². The average molecular weight is 337 g/mol. The molecule has 2 amide bonds. The van der Waals surface area contributed by atoms with Gasteiger partial charge >= 0.3 is 0 Å². The van der Waals surface area contributed by atoms with E-state index in [2.05, 4.69) is 22.4 Å². The van der Waals surface area contributed by atoms with Gasteiger partial charge in [0.25, 0.3) is 0 Å². The number of hydrogen-bond acceptors (Lipinski definition) is 4. The van der Waals surface area contributed by atoms with Crippen molar-refractivity contribution in [2.24, 2.45) is 0 Å². The molecule has 2 heterocycles. The summed E-state index contributed by atoms with van der Waals surface area (Å²) in [6.07, 6.45) is 4.49. The number of amides is 2. The lowest BCUT2D eigenvalue weighted by molar-refractivity contribution is -0.141. The Morgan fingerprint density at radius 3 is 2.44 bits per heavy atom. The lowest BCUT2D eigenvalue weighted by Crippen LogP contribution is -2.43. The van der Waals surface area contributed by atoms with E-state index in [1.54, 1.807) is 0 Å². The van der Waals surface area contributed by atoms with Crippen molar-refractivity contribution in [2.75, 3.05) is 5.32 Å². The Balaban J connectivity index is 1.46. The first-order chi connectivity index (χ1) is 12.1. The fourth-order valence-corrected chi connectivity index (χ4v) is 4.13. The largest absolute Gasteiger partial charge is 0.382 e. The van der Waals surface area contributed by atoms with Crippen LogP contribution in [0.4, 0.5) is 5.69 Å². The zero-order valence-electron chi connectivity index (χ0n) is 14.5. The lowest BCUT2D eigenvalue weighted by Gasteiger charge is -2.34. The number of likely N-dealkylation sites (tertiary alicyclic amines) is 1. The first-order valence-corrected chi connectivity index (χ1v) is 9.09. The summed E-state index contributed by atoms with van der Waals surface area (Å²) in [5.41, 5.74) is 3.13. The molecule has 0 bridgehead atoms. The van der Waals surface area contributed by atoms with Crippen molar-refractivity contribution >= 4 is 28.4 Å². The van der Waals surface area contributed by atoms with Crippen molar-refractivity contribution in [3.63, 3.8) is 0 Å². The molecule has 1 saturated carbocycles. The molecule has 1 saturated heterocycles. The second kappa shape index (κ2) is 6.47. The van der Waals surface area contributed by atoms with Crippen molar-refractivity contribution in [1.29, 1.82) is 0 Å². The first-order valence-electron chi connectivity index (χ1n) is 9.09. The SMILES string of the molecule is Cc1cc(NC2CCC(N3C(=O)CCC3=O)CC2)c2ccccc2n1. The van der Waals surface area contributed by atoms with Crippen LogP contribution in [0.2, 0.25) is 0 Å². The Labute approximate surface area is 147 Å². The molecule has 5 nitrogen and oxygen atoms in total. The molecular weight excluding hydrogens is 314 g/mol. The molecule has 0 spiro atoms. The number of anilines is 1. The zero-order chi connectivity index (χ0) is 17.4. The Kier molecular flexibility index (Phi) is 4.15. The van der Waals surface area contributed by atoms with E-state index >= 15 is 0 Å². The maximum atomic E-state index is 11.9. The minimum absolute atomic E-state index is 0.0113. The third kappa shape index (κ3) is 3.11. The number of fused-ring (bicyclic) bond motifs is 1. The highest BCUT2D eigenvalue weighted by atomic mass is 16.2. The number of aryl methyl sites for hydroxylation is 1. The van der Waals surface area contributed by atoms with Crippen LogP contribution >= 0.6 is 0 Å². The standard InChI is InChI=1S/C20H23N3O2/c1-13-12-18(16-4-2-3-5-17(16)21-13)22-14-6-8-15(9-7-14)23-19(24)10-11-20(23)25/h2-5,12,14-15H,6-11H2,1H3,(H,21,22). The van der Waals surface area contributed by atoms with Gasteiger partial charge in [-0.1, -0.05) is 18.2 Å². The summed E-state index contributed by atoms with van der Waals surface area (Å²) in [6.45, 7) is 2.01. The molecule has 1 N–H and O–H groups in total. The number of aromatic nitrogens is 1. The summed E-state index contributed by atoms with van der Waals surface area (Å²) in [6, 6.07) is 10.7. The summed E-state index contributed by atoms with van der Waals surface area (Å²) < 4.78 is 0. The topological polar surface area (TPSA) is 62.3 Å². The molecule has 5 heteroatoms. The van der Waals surface area contributed by atoms with Gasteiger partial charge in [0.05, 0.1) is 5.52 Å². The minimum Gasteiger partial charge on any atom is -0.382 e. The van der Waals surface area contributed by atoms with Crippen LogP contribution in [-0.2, 0) is 9.59 Å². The minimum atomic E-state index is 0.0113. The molecule has 1 aliphatic heterocycles. The third-order valence-electron chi connectivity index (χ3n) is 5.36. The molecule has 0 atom stereocenters. The van der Waals surface area contributed by atoms with E-state index < -0.39 is 0 Å². The number of imide groups is 1. The van der Waals surface area contributed by atoms with Gasteiger partial charge in [-0.3, -0.25) is 19.5 Å². The number of carbonyl (C=O) groups excluding carboxylic acids is 2. The van der Waals surface area contributed by atoms with Crippen LogP contribution in [0.1, 0.15) is 44.2 Å². The van der Waals surface area contributed by atoms with Crippen molar-refractivity contribution in [2.45, 2.75) is 57.5 Å². The Morgan fingerprint density at radius 2 is 1.72 bits per heavy atom. The molecule has 0 radical (unpaired) electrons. The van der Waals surface area contributed by atoms with E-state index in [0.29, 0.717) is 18.9 Å². The van der Waals surface area contributed by atoms with Crippen molar-refractivity contribution in [3.8, 4) is 0 Å². The second-order valence-corrected chi connectivity index (χ2v) is 7.14. The Hall–Kier alpha value is -2.43. The van der Waals surface area contributed by atoms with Crippen molar-refractivity contribution < 1.29 is 9.59 Å². The molecule has 130 valence electrons. The number of rotatable bonds is 3. The summed E-state index contributed by atoms with van der Waals surface area (Å²) >= 11 is 0. The van der Waals surface area contributed by atoms with Crippen LogP contribution in [0, 0.1) is 6.92 Å². The van der Waals surface area contributed by atoms with Gasteiger partial charge in [0.15, 0.2) is 0 Å². The molecule has 2 aliphatic rings. The maximum absolute atomic E-state index is 11.9. The summed E-state index contributed by atoms with van der Waals surface area (Å²) in [5.74, 6) is 0.0225. The molecular formula is C20H23N3O2. The van der Waals surface area contributed by atoms with E-state index in [0.717, 1.165) is 48.0 Å². The Bertz CT molecular complexity index is 809. The smallest absolute Gasteiger partial charge is 0.229 e. The summed E-state index contributed by atoms with van der Waals surface area (Å²) in [7, 11) is 0. The van der Waals surface area contributed by atoms with Gasteiger partial charge in [0, 0.05) is 41.7 Å². The zero-order valence-corrected chi connectivity index (χ0v) is 14.5. The first kappa shape index (κ1) is 16.1. The highest BCUT2D eigenvalue weighted by molar-refractivity contribution is 6.02. The molecule has 1 aromatic carbocycles. The second-order valence-electron chi connectivity index (χ2n) is 7.14. The summed E-state index contributed by atoms with van der Waals surface area (Å²) in [4.78, 5) is 30.0. The average Bonchev–Trinajstić information content (AvgIpc) is 2.94. The third-order valence-corrected chi connectivity index (χ3v) is 5.36. The fraction of sp³-hybridized carbons (Fsp3) is 0.450. The molecule has 1 aromatic heterocycles. The van der Waals surface area contributed by atoms with Crippen molar-refractivity contribution in [3.05, 3.63) is 36.0 Å². The molecule has 2 aromatic rings. The van der Waals surface area contributed by atoms with Crippen LogP contribution in [0.3, 0.4) is 0 Å². The summed E-state index contributed by atoms with van der Waals surface area (Å²) in [5, 5.41) is 4.81. The van der Waals surface area contributed by atoms with Gasteiger partial charge < -0.3 is 5.32 Å². The quantitative estimate of drug-likeness (QED) is 0.872. The number of para-hydroxylation sites is 1. The number of nitrogens with one attached hydrogen (secondary N) is 1. The van der Waals surface area contributed by atoms with Gasteiger partial charge in [-0.15, -0.1) is 0 Å². The fourth-order valence-electron chi connectivity index (χ4n) is 4.13. The normalized spacial score (nSPS) is 24.1. The Morgan fingerprint density at radius 1 is 1.04 bits per heavy atom. The number of carbonyl (C=O) groups is 2. The number of nitrogens with zero attached hydrogens (tertiary/aromatic N) is 2. The van der Waals surface area contributed by atoms with Crippen LogP contribution in [0.25, 0.3) is 10.9 Å². The highest BCUT2D eigenvalue weighted by Gasteiger charge is 2.36. The molecule has 25 heavy (non-hydrogen) atoms. The number of benzene rings is 1. The molecule has 1 aliphatic carbocycles. The van der Waals surface area contributed by atoms with E-state index in [-0.39, 0.29) is 17.9 Å². The predicted molar refractivity (Wildman–Crippen MR) is 97.2 cm³/mol. The van der Waals surface area contributed by atoms with E-state index in [1.165, 1.54) is 4.90 Å². The van der Waals surface area contributed by atoms with Crippen LogP contribution < -0.4 is 5.32 Å². The maximum Gasteiger partial charge on any atom is 0.229 e. The molecule has 4 rings (SSSR count). The monoisotopic (exact) mass is 337 g/mol. The van der Waals surface area contributed by atoms with Gasteiger partial charge in [0.2, 0.25) is 11.8 Å². The van der Waals surface area contributed by atoms with E-state index in [9.17, 15) is 9.59 Å². The molecule has 2 fully saturated rings. The van der Waals surface area contributed by atoms with Gasteiger partial charge in [-0.2, -0.15) is 0 Å². The lowest BCUT2D eigenvalue weighted by atomic mass is 9.90. The van der Waals surface area contributed by atoms with E-state index in [1.807, 2.05) is 25.1 Å². The van der Waals surface area contributed by atoms with Crippen LogP contribution in [-0.4, -0.2) is 33.8 Å². The van der Waals surface area contributed by atoms with Crippen LogP contribution in [0.15, 0.2) is 30.3 Å². The molecule has 0 unspecified atom stereocenters. The van der Waals surface area contributed by atoms with Crippen LogP contribution in [0.5, 0.6) is 0 Å². The number of pyridine rings is 1. The highest BCUT2D eigenvalue weighted by Crippen LogP contribution is 2.31. The number of hydrogen-bond donors (Lipinski definition) is 1. The van der Waals surface area contributed by atoms with Gasteiger partial charge in [-0.05, 0) is 44.7 Å². The van der Waals surface area contributed by atoms with Crippen molar-refractivity contribution in [1.82, 2.24) is 9.88 Å².